The summed E-state index contributed by atoms with van der Waals surface area (Å²) in [6.07, 6.45) is 4.31. The standard InChI is InChI=1S/C10H13NOS/c1(9-3-6-13-8-9)2-10-7-12-5-4-11-10/h1-3,6,8,10-11H,4-5,7H2/b2-1+. The van der Waals surface area contributed by atoms with E-state index >= 15 is 0 Å². The number of thiophene rings is 1. The Morgan fingerprint density at radius 3 is 3.31 bits per heavy atom. The molecule has 1 saturated heterocycles. The number of hydrogen-bond donors (Lipinski definition) is 1. The van der Waals surface area contributed by atoms with Gasteiger partial charge < -0.3 is 10.1 Å². The quantitative estimate of drug-likeness (QED) is 0.776. The van der Waals surface area contributed by atoms with Gasteiger partial charge >= 0.3 is 0 Å². The molecule has 1 aromatic rings. The van der Waals surface area contributed by atoms with Crippen molar-refractivity contribution >= 4 is 17.4 Å². The van der Waals surface area contributed by atoms with Crippen LogP contribution in [0.3, 0.4) is 0 Å². The van der Waals surface area contributed by atoms with E-state index in [0.717, 1.165) is 19.8 Å². The van der Waals surface area contributed by atoms with Crippen LogP contribution in [0.5, 0.6) is 0 Å². The lowest BCUT2D eigenvalue weighted by Crippen LogP contribution is -2.39. The largest absolute Gasteiger partial charge is 0.378 e. The van der Waals surface area contributed by atoms with E-state index in [1.165, 1.54) is 5.56 Å². The molecule has 13 heavy (non-hydrogen) atoms. The second-order valence-corrected chi connectivity index (χ2v) is 3.83. The smallest absolute Gasteiger partial charge is 0.0656 e. The van der Waals surface area contributed by atoms with E-state index in [1.807, 2.05) is 0 Å². The fourth-order valence-corrected chi connectivity index (χ4v) is 1.93. The molecule has 3 heteroatoms. The van der Waals surface area contributed by atoms with Crippen LogP contribution in [0.25, 0.3) is 6.08 Å². The summed E-state index contributed by atoms with van der Waals surface area (Å²) in [5.74, 6) is 0. The van der Waals surface area contributed by atoms with Gasteiger partial charge in [0.25, 0.3) is 0 Å². The van der Waals surface area contributed by atoms with E-state index in [4.69, 9.17) is 4.74 Å². The molecule has 0 spiro atoms. The fourth-order valence-electron chi connectivity index (χ4n) is 1.31. The monoisotopic (exact) mass is 195 g/mol. The zero-order chi connectivity index (χ0) is 8.93. The van der Waals surface area contributed by atoms with Gasteiger partial charge in [0, 0.05) is 12.6 Å². The van der Waals surface area contributed by atoms with Gasteiger partial charge in [0.05, 0.1) is 13.2 Å². The predicted octanol–water partition coefficient (Wildman–Crippen LogP) is 1.75. The minimum absolute atomic E-state index is 0.383. The van der Waals surface area contributed by atoms with Gasteiger partial charge in [0.2, 0.25) is 0 Å². The van der Waals surface area contributed by atoms with E-state index in [9.17, 15) is 0 Å². The summed E-state index contributed by atoms with van der Waals surface area (Å²) >= 11 is 1.72. The van der Waals surface area contributed by atoms with Crippen LogP contribution in [-0.2, 0) is 4.74 Å². The van der Waals surface area contributed by atoms with Gasteiger partial charge in [-0.2, -0.15) is 11.3 Å². The van der Waals surface area contributed by atoms with Gasteiger partial charge in [-0.25, -0.2) is 0 Å². The highest BCUT2D eigenvalue weighted by atomic mass is 32.1. The summed E-state index contributed by atoms with van der Waals surface area (Å²) in [6, 6.07) is 2.50. The summed E-state index contributed by atoms with van der Waals surface area (Å²) in [5.41, 5.74) is 1.28. The molecule has 0 saturated carbocycles. The predicted molar refractivity (Wildman–Crippen MR) is 56.0 cm³/mol. The van der Waals surface area contributed by atoms with Crippen LogP contribution in [-0.4, -0.2) is 25.8 Å². The summed E-state index contributed by atoms with van der Waals surface area (Å²) in [4.78, 5) is 0. The Kier molecular flexibility index (Phi) is 3.13. The topological polar surface area (TPSA) is 21.3 Å². The maximum atomic E-state index is 5.34. The van der Waals surface area contributed by atoms with Crippen LogP contribution < -0.4 is 5.32 Å². The maximum absolute atomic E-state index is 5.34. The zero-order valence-electron chi connectivity index (χ0n) is 7.40. The second kappa shape index (κ2) is 4.56. The first kappa shape index (κ1) is 8.94. The van der Waals surface area contributed by atoms with Crippen molar-refractivity contribution in [2.45, 2.75) is 6.04 Å². The van der Waals surface area contributed by atoms with Gasteiger partial charge in [-0.3, -0.25) is 0 Å². The van der Waals surface area contributed by atoms with Crippen LogP contribution in [0, 0.1) is 0 Å². The highest BCUT2D eigenvalue weighted by molar-refractivity contribution is 7.08. The Morgan fingerprint density at radius 2 is 2.62 bits per heavy atom. The van der Waals surface area contributed by atoms with Crippen LogP contribution in [0.1, 0.15) is 5.56 Å². The highest BCUT2D eigenvalue weighted by Crippen LogP contribution is 2.08. The average Bonchev–Trinajstić information content (AvgIpc) is 2.69. The molecule has 2 nitrogen and oxygen atoms in total. The van der Waals surface area contributed by atoms with E-state index in [0.29, 0.717) is 6.04 Å². The molecule has 1 atom stereocenters. The summed E-state index contributed by atoms with van der Waals surface area (Å²) in [7, 11) is 0. The van der Waals surface area contributed by atoms with Crippen molar-refractivity contribution in [1.29, 1.82) is 0 Å². The van der Waals surface area contributed by atoms with Crippen molar-refractivity contribution < 1.29 is 4.74 Å². The number of morpholine rings is 1. The summed E-state index contributed by atoms with van der Waals surface area (Å²) < 4.78 is 5.34. The van der Waals surface area contributed by atoms with E-state index in [1.54, 1.807) is 11.3 Å². The minimum Gasteiger partial charge on any atom is -0.378 e. The maximum Gasteiger partial charge on any atom is 0.0656 e. The van der Waals surface area contributed by atoms with Crippen molar-refractivity contribution in [3.05, 3.63) is 28.5 Å². The third-order valence-electron chi connectivity index (χ3n) is 2.01. The number of nitrogens with one attached hydrogen (secondary N) is 1. The molecule has 1 aromatic heterocycles. The molecule has 2 heterocycles. The van der Waals surface area contributed by atoms with Crippen molar-refractivity contribution in [1.82, 2.24) is 5.32 Å². The molecule has 0 aromatic carbocycles. The lowest BCUT2D eigenvalue weighted by Gasteiger charge is -2.20. The molecule has 0 radical (unpaired) electrons. The molecule has 1 aliphatic heterocycles. The second-order valence-electron chi connectivity index (χ2n) is 3.05. The van der Waals surface area contributed by atoms with Crippen molar-refractivity contribution in [2.75, 3.05) is 19.8 Å². The number of ether oxygens (including phenoxy) is 1. The van der Waals surface area contributed by atoms with Gasteiger partial charge in [-0.05, 0) is 22.4 Å². The Morgan fingerprint density at radius 1 is 1.62 bits per heavy atom. The molecular formula is C10H13NOS. The molecule has 1 fully saturated rings. The first-order valence-corrected chi connectivity index (χ1v) is 5.41. The van der Waals surface area contributed by atoms with Crippen LogP contribution in [0.4, 0.5) is 0 Å². The van der Waals surface area contributed by atoms with Crippen LogP contribution in [0.15, 0.2) is 22.9 Å². The van der Waals surface area contributed by atoms with Crippen molar-refractivity contribution in [3.8, 4) is 0 Å². The summed E-state index contributed by atoms with van der Waals surface area (Å²) in [6.45, 7) is 2.59. The molecule has 0 aliphatic carbocycles. The fraction of sp³-hybridized carbons (Fsp3) is 0.400. The molecule has 2 rings (SSSR count). The van der Waals surface area contributed by atoms with Crippen molar-refractivity contribution in [2.24, 2.45) is 0 Å². The Hall–Kier alpha value is -0.640. The van der Waals surface area contributed by atoms with E-state index in [2.05, 4.69) is 34.3 Å². The van der Waals surface area contributed by atoms with Gasteiger partial charge in [0.1, 0.15) is 0 Å². The Balaban J connectivity index is 1.89. The zero-order valence-corrected chi connectivity index (χ0v) is 8.22. The van der Waals surface area contributed by atoms with Crippen LogP contribution >= 0.6 is 11.3 Å². The molecule has 1 aliphatic rings. The highest BCUT2D eigenvalue weighted by Gasteiger charge is 2.08. The van der Waals surface area contributed by atoms with Crippen molar-refractivity contribution in [3.63, 3.8) is 0 Å². The van der Waals surface area contributed by atoms with Gasteiger partial charge in [-0.15, -0.1) is 0 Å². The first-order chi connectivity index (χ1) is 6.45. The molecule has 1 N–H and O–H groups in total. The lowest BCUT2D eigenvalue weighted by atomic mass is 10.2. The number of rotatable bonds is 2. The Labute approximate surface area is 82.2 Å². The first-order valence-electron chi connectivity index (χ1n) is 4.47. The molecule has 70 valence electrons. The van der Waals surface area contributed by atoms with E-state index < -0.39 is 0 Å². The lowest BCUT2D eigenvalue weighted by molar-refractivity contribution is 0.0903. The number of hydrogen-bond acceptors (Lipinski definition) is 3. The molecular weight excluding hydrogens is 182 g/mol. The van der Waals surface area contributed by atoms with Crippen LogP contribution in [0.2, 0.25) is 0 Å². The van der Waals surface area contributed by atoms with Gasteiger partial charge in [0.15, 0.2) is 0 Å². The molecule has 0 amide bonds. The average molecular weight is 195 g/mol. The summed E-state index contributed by atoms with van der Waals surface area (Å²) in [5, 5.41) is 7.60. The van der Waals surface area contributed by atoms with Gasteiger partial charge in [-0.1, -0.05) is 12.2 Å². The normalized spacial score (nSPS) is 23.8. The third kappa shape index (κ3) is 2.66. The minimum atomic E-state index is 0.383. The van der Waals surface area contributed by atoms with E-state index in [-0.39, 0.29) is 0 Å². The SMILES string of the molecule is C(=C\C1COCCN1)/c1ccsc1. The molecule has 1 unspecified atom stereocenters. The molecule has 0 bridgehead atoms. The Bertz CT molecular complexity index is 262. The third-order valence-corrected chi connectivity index (χ3v) is 2.72.